The quantitative estimate of drug-likeness (QED) is 0.511. The van der Waals surface area contributed by atoms with Gasteiger partial charge in [0, 0.05) is 19.2 Å². The lowest BCUT2D eigenvalue weighted by atomic mass is 10.2. The Morgan fingerprint density at radius 2 is 1.82 bits per heavy atom. The Balaban J connectivity index is 1.65. The monoisotopic (exact) mass is 416 g/mol. The third-order valence-corrected chi connectivity index (χ3v) is 6.59. The van der Waals surface area contributed by atoms with Crippen LogP contribution in [0, 0.1) is 0 Å². The van der Waals surface area contributed by atoms with E-state index in [1.807, 2.05) is 53.7 Å². The van der Waals surface area contributed by atoms with Crippen molar-refractivity contribution in [3.63, 3.8) is 0 Å². The molecule has 0 aliphatic carbocycles. The van der Waals surface area contributed by atoms with Crippen LogP contribution in [0.15, 0.2) is 47.5 Å². The maximum absolute atomic E-state index is 12.3. The summed E-state index contributed by atoms with van der Waals surface area (Å²) in [6.07, 6.45) is 1.27. The first kappa shape index (κ1) is 20.5. The molecule has 148 valence electrons. The molecule has 1 heterocycles. The first-order valence-electron chi connectivity index (χ1n) is 9.03. The second-order valence-electron chi connectivity index (χ2n) is 6.24. The number of hydrogen-bond donors (Lipinski definition) is 0. The predicted molar refractivity (Wildman–Crippen MR) is 116 cm³/mol. The van der Waals surface area contributed by atoms with Crippen LogP contribution in [-0.2, 0) is 17.6 Å². The fraction of sp³-hybridized carbons (Fsp3) is 0.333. The fourth-order valence-corrected chi connectivity index (χ4v) is 4.95. The van der Waals surface area contributed by atoms with Crippen LogP contribution >= 0.6 is 23.1 Å². The van der Waals surface area contributed by atoms with Crippen LogP contribution in [0.25, 0.3) is 10.2 Å². The summed E-state index contributed by atoms with van der Waals surface area (Å²) in [5, 5.41) is 0. The Bertz CT molecular complexity index is 1010. The van der Waals surface area contributed by atoms with Crippen LogP contribution in [0.3, 0.4) is 0 Å². The van der Waals surface area contributed by atoms with E-state index in [9.17, 15) is 4.79 Å². The highest BCUT2D eigenvalue weighted by atomic mass is 32.2. The first-order chi connectivity index (χ1) is 13.6. The lowest BCUT2D eigenvalue weighted by molar-refractivity contribution is -0.118. The lowest BCUT2D eigenvalue weighted by Gasteiger charge is -2.06. The molecular weight excluding hydrogens is 392 g/mol. The molecule has 3 aromatic rings. The number of thiazole rings is 1. The second-order valence-corrected chi connectivity index (χ2v) is 8.32. The summed E-state index contributed by atoms with van der Waals surface area (Å²) in [7, 11) is 5.16. The van der Waals surface area contributed by atoms with E-state index in [2.05, 4.69) is 17.1 Å². The Labute approximate surface area is 173 Å². The number of aromatic nitrogens is 1. The van der Waals surface area contributed by atoms with Gasteiger partial charge in [-0.2, -0.15) is 16.8 Å². The van der Waals surface area contributed by atoms with Crippen molar-refractivity contribution in [2.75, 3.05) is 20.0 Å². The number of methoxy groups -OCH3 is 2. The molecule has 0 radical (unpaired) electrons. The van der Waals surface area contributed by atoms with Gasteiger partial charge in [-0.3, -0.25) is 4.79 Å². The summed E-state index contributed by atoms with van der Waals surface area (Å²) in [6, 6.07) is 14.1. The molecule has 28 heavy (non-hydrogen) atoms. The molecule has 0 fully saturated rings. The van der Waals surface area contributed by atoms with Crippen molar-refractivity contribution in [1.82, 2.24) is 4.57 Å². The van der Waals surface area contributed by atoms with Crippen molar-refractivity contribution in [3.8, 4) is 11.5 Å². The number of hydrogen-bond acceptors (Lipinski definition) is 5. The molecule has 0 saturated carbocycles. The molecule has 3 rings (SSSR count). The number of rotatable bonds is 8. The molecular formula is C21H24N2O3S2. The zero-order valence-electron chi connectivity index (χ0n) is 16.3. The third kappa shape index (κ3) is 4.77. The van der Waals surface area contributed by atoms with Crippen LogP contribution in [-0.4, -0.2) is 30.4 Å². The summed E-state index contributed by atoms with van der Waals surface area (Å²) in [6.45, 7) is 0. The van der Waals surface area contributed by atoms with E-state index in [0.717, 1.165) is 39.6 Å². The number of thioether (sulfide) groups is 1. The van der Waals surface area contributed by atoms with Crippen LogP contribution in [0.5, 0.6) is 11.5 Å². The van der Waals surface area contributed by atoms with Gasteiger partial charge in [0.15, 0.2) is 4.80 Å². The summed E-state index contributed by atoms with van der Waals surface area (Å²) in [4.78, 5) is 17.3. The van der Waals surface area contributed by atoms with E-state index < -0.39 is 0 Å². The molecule has 0 bridgehead atoms. The molecule has 0 spiro atoms. The molecule has 7 heteroatoms. The summed E-state index contributed by atoms with van der Waals surface area (Å²) >= 11 is 3.28. The van der Waals surface area contributed by atoms with Gasteiger partial charge in [-0.15, -0.1) is 0 Å². The summed E-state index contributed by atoms with van der Waals surface area (Å²) in [5.74, 6) is 3.30. The molecule has 0 aliphatic heterocycles. The van der Waals surface area contributed by atoms with E-state index in [1.54, 1.807) is 14.2 Å². The molecule has 0 unspecified atom stereocenters. The molecule has 0 N–H and O–H groups in total. The number of ether oxygens (including phenoxy) is 2. The van der Waals surface area contributed by atoms with Gasteiger partial charge in [-0.1, -0.05) is 41.7 Å². The van der Waals surface area contributed by atoms with E-state index in [4.69, 9.17) is 9.47 Å². The van der Waals surface area contributed by atoms with Gasteiger partial charge in [0.05, 0.1) is 14.2 Å². The van der Waals surface area contributed by atoms with Crippen molar-refractivity contribution in [2.24, 2.45) is 12.0 Å². The van der Waals surface area contributed by atoms with Gasteiger partial charge in [0.2, 0.25) is 5.91 Å². The van der Waals surface area contributed by atoms with Crippen molar-refractivity contribution < 1.29 is 14.3 Å². The number of aryl methyl sites for hydroxylation is 1. The lowest BCUT2D eigenvalue weighted by Crippen LogP contribution is -2.13. The zero-order chi connectivity index (χ0) is 19.9. The Kier molecular flexibility index (Phi) is 7.17. The van der Waals surface area contributed by atoms with Gasteiger partial charge in [0.1, 0.15) is 21.7 Å². The van der Waals surface area contributed by atoms with E-state index in [0.29, 0.717) is 11.2 Å². The maximum Gasteiger partial charge on any atom is 0.248 e. The van der Waals surface area contributed by atoms with Gasteiger partial charge in [0.25, 0.3) is 0 Å². The maximum atomic E-state index is 12.3. The Morgan fingerprint density at radius 3 is 2.54 bits per heavy atom. The molecule has 0 aliphatic rings. The van der Waals surface area contributed by atoms with Crippen molar-refractivity contribution in [3.05, 3.63) is 52.8 Å². The third-order valence-electron chi connectivity index (χ3n) is 4.33. The SMILES string of the molecule is COc1ccc(OC)c2c1sc(=NC(=O)CCCSCc1ccccc1)n2C. The number of amides is 1. The molecule has 0 saturated heterocycles. The van der Waals surface area contributed by atoms with Gasteiger partial charge < -0.3 is 14.0 Å². The van der Waals surface area contributed by atoms with Crippen LogP contribution in [0.1, 0.15) is 18.4 Å². The Hall–Kier alpha value is -2.25. The van der Waals surface area contributed by atoms with Crippen LogP contribution in [0.2, 0.25) is 0 Å². The summed E-state index contributed by atoms with van der Waals surface area (Å²) < 4.78 is 13.7. The van der Waals surface area contributed by atoms with Gasteiger partial charge >= 0.3 is 0 Å². The largest absolute Gasteiger partial charge is 0.495 e. The molecule has 1 aromatic heterocycles. The van der Waals surface area contributed by atoms with Crippen molar-refractivity contribution >= 4 is 39.2 Å². The number of nitrogens with zero attached hydrogens (tertiary/aromatic N) is 2. The van der Waals surface area contributed by atoms with Crippen LogP contribution < -0.4 is 14.3 Å². The first-order valence-corrected chi connectivity index (χ1v) is 11.0. The van der Waals surface area contributed by atoms with Crippen molar-refractivity contribution in [1.29, 1.82) is 0 Å². The number of benzene rings is 2. The highest BCUT2D eigenvalue weighted by Crippen LogP contribution is 2.34. The molecule has 1 amide bonds. The second kappa shape index (κ2) is 9.80. The van der Waals surface area contributed by atoms with Crippen LogP contribution in [0.4, 0.5) is 0 Å². The standard InChI is InChI=1S/C21H24N2O3S2/c1-23-19-16(25-2)11-12-17(26-3)20(19)28-21(23)22-18(24)10-7-13-27-14-15-8-5-4-6-9-15/h4-6,8-9,11-12H,7,10,13-14H2,1-3H3. The number of carbonyl (C=O) groups excluding carboxylic acids is 1. The fourth-order valence-electron chi connectivity index (χ4n) is 2.88. The average molecular weight is 417 g/mol. The zero-order valence-corrected chi connectivity index (χ0v) is 17.9. The number of fused-ring (bicyclic) bond motifs is 1. The minimum absolute atomic E-state index is 0.0969. The Morgan fingerprint density at radius 1 is 1.11 bits per heavy atom. The van der Waals surface area contributed by atoms with E-state index in [-0.39, 0.29) is 5.91 Å². The summed E-state index contributed by atoms with van der Waals surface area (Å²) in [5.41, 5.74) is 2.19. The minimum Gasteiger partial charge on any atom is -0.495 e. The smallest absolute Gasteiger partial charge is 0.248 e. The average Bonchev–Trinajstić information content (AvgIpc) is 3.04. The molecule has 2 aromatic carbocycles. The van der Waals surface area contributed by atoms with Crippen molar-refractivity contribution in [2.45, 2.75) is 18.6 Å². The van der Waals surface area contributed by atoms with E-state index >= 15 is 0 Å². The minimum atomic E-state index is -0.0969. The highest BCUT2D eigenvalue weighted by molar-refractivity contribution is 7.98. The highest BCUT2D eigenvalue weighted by Gasteiger charge is 2.14. The molecule has 0 atom stereocenters. The predicted octanol–water partition coefficient (Wildman–Crippen LogP) is 4.40. The van der Waals surface area contributed by atoms with Gasteiger partial charge in [-0.05, 0) is 29.9 Å². The number of carbonyl (C=O) groups is 1. The van der Waals surface area contributed by atoms with Gasteiger partial charge in [-0.25, -0.2) is 0 Å². The normalized spacial score (nSPS) is 11.8. The van der Waals surface area contributed by atoms with E-state index in [1.165, 1.54) is 16.9 Å². The molecule has 5 nitrogen and oxygen atoms in total. The topological polar surface area (TPSA) is 52.8 Å².